The summed E-state index contributed by atoms with van der Waals surface area (Å²) in [5, 5.41) is 14.1. The fourth-order valence-electron chi connectivity index (χ4n) is 2.87. The van der Waals surface area contributed by atoms with Crippen LogP contribution < -0.4 is 5.32 Å². The van der Waals surface area contributed by atoms with Crippen LogP contribution in [0.15, 0.2) is 24.3 Å². The third-order valence-electron chi connectivity index (χ3n) is 3.77. The average molecular weight is 248 g/mol. The molecule has 2 rings (SSSR count). The van der Waals surface area contributed by atoms with Gasteiger partial charge in [0.2, 0.25) is 0 Å². The van der Waals surface area contributed by atoms with Crippen molar-refractivity contribution in [2.24, 2.45) is 5.92 Å². The van der Waals surface area contributed by atoms with Crippen molar-refractivity contribution >= 4 is 5.69 Å². The van der Waals surface area contributed by atoms with E-state index in [1.165, 1.54) is 24.8 Å². The molecule has 1 aliphatic carbocycles. The summed E-state index contributed by atoms with van der Waals surface area (Å²) in [6, 6.07) is 7.60. The molecule has 2 unspecified atom stereocenters. The van der Waals surface area contributed by atoms with Crippen LogP contribution in [0.1, 0.15) is 31.7 Å². The van der Waals surface area contributed by atoms with Crippen LogP contribution in [0.4, 0.5) is 5.69 Å². The van der Waals surface area contributed by atoms with Gasteiger partial charge in [0.05, 0.1) is 4.92 Å². The standard InChI is InChI=1S/C14H20N2O2/c1-2-15-14-5-3-4-12(14)10-11-6-8-13(9-7-11)16(17)18/h6-9,12,14-15H,2-5,10H2,1H3. The second kappa shape index (κ2) is 5.96. The van der Waals surface area contributed by atoms with E-state index >= 15 is 0 Å². The van der Waals surface area contributed by atoms with Gasteiger partial charge in [0, 0.05) is 18.2 Å². The van der Waals surface area contributed by atoms with Crippen LogP contribution in [0.25, 0.3) is 0 Å². The van der Waals surface area contributed by atoms with Crippen LogP contribution >= 0.6 is 0 Å². The average Bonchev–Trinajstić information content (AvgIpc) is 2.78. The number of nitro groups is 1. The summed E-state index contributed by atoms with van der Waals surface area (Å²) in [7, 11) is 0. The third kappa shape index (κ3) is 3.07. The maximum absolute atomic E-state index is 10.6. The highest BCUT2D eigenvalue weighted by Gasteiger charge is 2.26. The SMILES string of the molecule is CCNC1CCCC1Cc1ccc([N+](=O)[O-])cc1. The molecule has 1 saturated carbocycles. The highest BCUT2D eigenvalue weighted by atomic mass is 16.6. The molecule has 1 aromatic carbocycles. The minimum Gasteiger partial charge on any atom is -0.314 e. The summed E-state index contributed by atoms with van der Waals surface area (Å²) in [6.07, 6.45) is 4.82. The minimum absolute atomic E-state index is 0.174. The van der Waals surface area contributed by atoms with E-state index in [-0.39, 0.29) is 10.6 Å². The molecule has 0 spiro atoms. The first-order valence-corrected chi connectivity index (χ1v) is 6.67. The molecule has 1 aromatic rings. The van der Waals surface area contributed by atoms with Crippen molar-refractivity contribution in [3.8, 4) is 0 Å². The van der Waals surface area contributed by atoms with Gasteiger partial charge in [-0.1, -0.05) is 25.5 Å². The lowest BCUT2D eigenvalue weighted by Gasteiger charge is -2.20. The zero-order valence-corrected chi connectivity index (χ0v) is 10.8. The number of hydrogen-bond acceptors (Lipinski definition) is 3. The Balaban J connectivity index is 1.98. The van der Waals surface area contributed by atoms with E-state index in [1.54, 1.807) is 12.1 Å². The maximum Gasteiger partial charge on any atom is 0.269 e. The highest BCUT2D eigenvalue weighted by molar-refractivity contribution is 5.33. The predicted octanol–water partition coefficient (Wildman–Crippen LogP) is 2.92. The minimum atomic E-state index is -0.346. The Labute approximate surface area is 108 Å². The van der Waals surface area contributed by atoms with Crippen molar-refractivity contribution in [3.05, 3.63) is 39.9 Å². The van der Waals surface area contributed by atoms with E-state index in [9.17, 15) is 10.1 Å². The van der Waals surface area contributed by atoms with Crippen molar-refractivity contribution in [1.82, 2.24) is 5.32 Å². The summed E-state index contributed by atoms with van der Waals surface area (Å²) in [5.41, 5.74) is 1.38. The molecular formula is C14H20N2O2. The molecule has 0 aliphatic heterocycles. The largest absolute Gasteiger partial charge is 0.314 e. The molecule has 0 aromatic heterocycles. The Morgan fingerprint density at radius 1 is 1.33 bits per heavy atom. The van der Waals surface area contributed by atoms with Crippen LogP contribution in [0.2, 0.25) is 0 Å². The fourth-order valence-corrected chi connectivity index (χ4v) is 2.87. The normalized spacial score (nSPS) is 23.2. The number of hydrogen-bond donors (Lipinski definition) is 1. The number of non-ortho nitro benzene ring substituents is 1. The molecule has 4 nitrogen and oxygen atoms in total. The Kier molecular flexibility index (Phi) is 4.31. The molecule has 1 aliphatic rings. The van der Waals surface area contributed by atoms with Gasteiger partial charge in [-0.3, -0.25) is 10.1 Å². The van der Waals surface area contributed by atoms with Crippen LogP contribution in [0.3, 0.4) is 0 Å². The maximum atomic E-state index is 10.6. The summed E-state index contributed by atoms with van der Waals surface area (Å²) in [4.78, 5) is 10.2. The number of rotatable bonds is 5. The Morgan fingerprint density at radius 2 is 2.06 bits per heavy atom. The zero-order chi connectivity index (χ0) is 13.0. The van der Waals surface area contributed by atoms with Gasteiger partial charge >= 0.3 is 0 Å². The van der Waals surface area contributed by atoms with Gasteiger partial charge in [-0.25, -0.2) is 0 Å². The molecule has 0 radical (unpaired) electrons. The van der Waals surface area contributed by atoms with E-state index in [2.05, 4.69) is 12.2 Å². The molecule has 0 bridgehead atoms. The summed E-state index contributed by atoms with van der Waals surface area (Å²) in [6.45, 7) is 3.16. The molecule has 2 atom stereocenters. The zero-order valence-electron chi connectivity index (χ0n) is 10.8. The number of nitro benzene ring substituents is 1. The molecule has 1 N–H and O–H groups in total. The molecule has 4 heteroatoms. The van der Waals surface area contributed by atoms with Gasteiger partial charge in [-0.2, -0.15) is 0 Å². The molecule has 98 valence electrons. The van der Waals surface area contributed by atoms with Gasteiger partial charge in [-0.05, 0) is 37.3 Å². The van der Waals surface area contributed by atoms with E-state index in [4.69, 9.17) is 0 Å². The van der Waals surface area contributed by atoms with Crippen LogP contribution in [-0.4, -0.2) is 17.5 Å². The van der Waals surface area contributed by atoms with Crippen molar-refractivity contribution in [2.45, 2.75) is 38.6 Å². The van der Waals surface area contributed by atoms with Crippen molar-refractivity contribution in [3.63, 3.8) is 0 Å². The number of nitrogens with zero attached hydrogens (tertiary/aromatic N) is 1. The summed E-state index contributed by atoms with van der Waals surface area (Å²) in [5.74, 6) is 0.673. The second-order valence-electron chi connectivity index (χ2n) is 4.98. The van der Waals surface area contributed by atoms with E-state index in [0.29, 0.717) is 12.0 Å². The third-order valence-corrected chi connectivity index (χ3v) is 3.77. The van der Waals surface area contributed by atoms with Crippen molar-refractivity contribution < 1.29 is 4.92 Å². The lowest BCUT2D eigenvalue weighted by atomic mass is 9.94. The van der Waals surface area contributed by atoms with Crippen LogP contribution in [0, 0.1) is 16.0 Å². The lowest BCUT2D eigenvalue weighted by Crippen LogP contribution is -2.33. The van der Waals surface area contributed by atoms with Gasteiger partial charge in [0.15, 0.2) is 0 Å². The summed E-state index contributed by atoms with van der Waals surface area (Å²) < 4.78 is 0. The predicted molar refractivity (Wildman–Crippen MR) is 71.6 cm³/mol. The first kappa shape index (κ1) is 13.0. The fraction of sp³-hybridized carbons (Fsp3) is 0.571. The first-order chi connectivity index (χ1) is 8.70. The van der Waals surface area contributed by atoms with E-state index < -0.39 is 0 Å². The molecule has 1 fully saturated rings. The monoisotopic (exact) mass is 248 g/mol. The van der Waals surface area contributed by atoms with E-state index in [0.717, 1.165) is 13.0 Å². The Morgan fingerprint density at radius 3 is 2.67 bits per heavy atom. The van der Waals surface area contributed by atoms with Crippen molar-refractivity contribution in [2.75, 3.05) is 6.54 Å². The van der Waals surface area contributed by atoms with Crippen LogP contribution in [-0.2, 0) is 6.42 Å². The van der Waals surface area contributed by atoms with Crippen LogP contribution in [0.5, 0.6) is 0 Å². The summed E-state index contributed by atoms with van der Waals surface area (Å²) >= 11 is 0. The van der Waals surface area contributed by atoms with Gasteiger partial charge < -0.3 is 5.32 Å². The van der Waals surface area contributed by atoms with E-state index in [1.807, 2.05) is 12.1 Å². The molecular weight excluding hydrogens is 228 g/mol. The molecule has 0 heterocycles. The molecule has 0 amide bonds. The quantitative estimate of drug-likeness (QED) is 0.644. The number of nitrogens with one attached hydrogen (secondary N) is 1. The highest BCUT2D eigenvalue weighted by Crippen LogP contribution is 2.29. The molecule has 0 saturated heterocycles. The van der Waals surface area contributed by atoms with Crippen molar-refractivity contribution in [1.29, 1.82) is 0 Å². The Bertz CT molecular complexity index is 403. The second-order valence-corrected chi connectivity index (χ2v) is 4.98. The topological polar surface area (TPSA) is 55.2 Å². The molecule has 18 heavy (non-hydrogen) atoms. The first-order valence-electron chi connectivity index (χ1n) is 6.67. The van der Waals surface area contributed by atoms with Gasteiger partial charge in [0.25, 0.3) is 5.69 Å². The Hall–Kier alpha value is -1.42. The van der Waals surface area contributed by atoms with Gasteiger partial charge in [0.1, 0.15) is 0 Å². The smallest absolute Gasteiger partial charge is 0.269 e. The number of benzene rings is 1. The lowest BCUT2D eigenvalue weighted by molar-refractivity contribution is -0.384. The van der Waals surface area contributed by atoms with Gasteiger partial charge in [-0.15, -0.1) is 0 Å².